The number of benzene rings is 1. The fraction of sp³-hybridized carbons (Fsp3) is 0.389. The van der Waals surface area contributed by atoms with Crippen molar-refractivity contribution >= 4 is 10.0 Å². The normalized spacial score (nSPS) is 16.2. The summed E-state index contributed by atoms with van der Waals surface area (Å²) in [6, 6.07) is 8.29. The molecule has 26 heavy (non-hydrogen) atoms. The van der Waals surface area contributed by atoms with Crippen LogP contribution in [0.15, 0.2) is 47.6 Å². The van der Waals surface area contributed by atoms with Crippen LogP contribution in [0.4, 0.5) is 0 Å². The fourth-order valence-electron chi connectivity index (χ4n) is 2.93. The maximum absolute atomic E-state index is 12.9. The Bertz CT molecular complexity index is 834. The summed E-state index contributed by atoms with van der Waals surface area (Å²) in [6.07, 6.45) is 4.58. The van der Waals surface area contributed by atoms with E-state index in [2.05, 4.69) is 4.98 Å². The lowest BCUT2D eigenvalue weighted by Gasteiger charge is -2.31. The summed E-state index contributed by atoms with van der Waals surface area (Å²) in [5, 5.41) is 0. The Balaban J connectivity index is 1.68. The highest BCUT2D eigenvalue weighted by atomic mass is 32.2. The molecular weight excluding hydrogens is 356 g/mol. The second kappa shape index (κ2) is 7.92. The van der Waals surface area contributed by atoms with Crippen LogP contribution in [0.2, 0.25) is 0 Å². The van der Waals surface area contributed by atoms with Crippen molar-refractivity contribution in [2.75, 3.05) is 27.3 Å². The van der Waals surface area contributed by atoms with Gasteiger partial charge in [-0.3, -0.25) is 4.98 Å². The summed E-state index contributed by atoms with van der Waals surface area (Å²) in [7, 11) is -0.591. The lowest BCUT2D eigenvalue weighted by molar-refractivity contribution is 0.134. The molecule has 0 radical (unpaired) electrons. The number of sulfonamides is 1. The summed E-state index contributed by atoms with van der Waals surface area (Å²) in [6.45, 7) is 0.809. The molecule has 8 heteroatoms. The number of piperidine rings is 1. The summed E-state index contributed by atoms with van der Waals surface area (Å²) in [5.41, 5.74) is 0. The van der Waals surface area contributed by atoms with Gasteiger partial charge in [-0.15, -0.1) is 0 Å². The largest absolute Gasteiger partial charge is 0.493 e. The fourth-order valence-corrected chi connectivity index (χ4v) is 4.41. The number of aromatic nitrogens is 1. The van der Waals surface area contributed by atoms with E-state index < -0.39 is 10.0 Å². The van der Waals surface area contributed by atoms with E-state index in [0.717, 1.165) is 0 Å². The van der Waals surface area contributed by atoms with Crippen molar-refractivity contribution < 1.29 is 22.6 Å². The predicted molar refractivity (Wildman–Crippen MR) is 96.2 cm³/mol. The average molecular weight is 378 g/mol. The van der Waals surface area contributed by atoms with E-state index in [4.69, 9.17) is 14.2 Å². The van der Waals surface area contributed by atoms with Gasteiger partial charge in [0.25, 0.3) is 0 Å². The molecule has 1 aromatic carbocycles. The Kier molecular flexibility index (Phi) is 5.63. The van der Waals surface area contributed by atoms with Crippen molar-refractivity contribution in [2.24, 2.45) is 0 Å². The number of pyridine rings is 1. The monoisotopic (exact) mass is 378 g/mol. The number of nitrogens with zero attached hydrogens (tertiary/aromatic N) is 2. The molecule has 1 saturated heterocycles. The third kappa shape index (κ3) is 3.91. The van der Waals surface area contributed by atoms with Gasteiger partial charge >= 0.3 is 0 Å². The minimum Gasteiger partial charge on any atom is -0.493 e. The third-order valence-corrected chi connectivity index (χ3v) is 6.23. The molecule has 3 rings (SSSR count). The van der Waals surface area contributed by atoms with Gasteiger partial charge in [0, 0.05) is 25.4 Å². The van der Waals surface area contributed by atoms with Crippen LogP contribution in [0.3, 0.4) is 0 Å². The van der Waals surface area contributed by atoms with Crippen LogP contribution in [-0.4, -0.2) is 51.1 Å². The number of methoxy groups -OCH3 is 2. The van der Waals surface area contributed by atoms with Crippen molar-refractivity contribution in [3.05, 3.63) is 42.7 Å². The molecular formula is C18H22N2O5S. The molecule has 0 amide bonds. The molecule has 2 heterocycles. The van der Waals surface area contributed by atoms with Gasteiger partial charge < -0.3 is 14.2 Å². The molecule has 1 aliphatic rings. The van der Waals surface area contributed by atoms with Gasteiger partial charge in [0.05, 0.1) is 25.3 Å². The van der Waals surface area contributed by atoms with E-state index in [1.807, 2.05) is 12.1 Å². The first-order chi connectivity index (χ1) is 12.5. The first-order valence-electron chi connectivity index (χ1n) is 8.33. The van der Waals surface area contributed by atoms with Crippen LogP contribution in [0.25, 0.3) is 0 Å². The van der Waals surface area contributed by atoms with Crippen LogP contribution in [0, 0.1) is 0 Å². The van der Waals surface area contributed by atoms with Gasteiger partial charge in [-0.25, -0.2) is 8.42 Å². The van der Waals surface area contributed by atoms with Crippen molar-refractivity contribution in [3.8, 4) is 17.2 Å². The second-order valence-electron chi connectivity index (χ2n) is 5.93. The predicted octanol–water partition coefficient (Wildman–Crippen LogP) is 2.33. The molecule has 140 valence electrons. The molecule has 0 bridgehead atoms. The van der Waals surface area contributed by atoms with Gasteiger partial charge in [0.2, 0.25) is 10.0 Å². The minimum absolute atomic E-state index is 0.0175. The van der Waals surface area contributed by atoms with Gasteiger partial charge in [-0.2, -0.15) is 4.31 Å². The molecule has 2 aromatic rings. The van der Waals surface area contributed by atoms with Crippen molar-refractivity contribution in [3.63, 3.8) is 0 Å². The minimum atomic E-state index is -3.59. The third-order valence-electron chi connectivity index (χ3n) is 4.33. The standard InChI is InChI=1S/C18H22N2O5S/c1-23-17-6-5-16(12-18(17)24-2)26(21,22)20-10-7-14(8-11-20)25-15-4-3-9-19-13-15/h3-6,9,12-14H,7-8,10-11H2,1-2H3. The Labute approximate surface area is 153 Å². The van der Waals surface area contributed by atoms with Crippen LogP contribution in [0.5, 0.6) is 17.2 Å². The molecule has 1 fully saturated rings. The highest BCUT2D eigenvalue weighted by molar-refractivity contribution is 7.89. The van der Waals surface area contributed by atoms with E-state index in [1.165, 1.54) is 30.7 Å². The summed E-state index contributed by atoms with van der Waals surface area (Å²) in [4.78, 5) is 4.22. The highest BCUT2D eigenvalue weighted by Gasteiger charge is 2.30. The van der Waals surface area contributed by atoms with E-state index >= 15 is 0 Å². The lowest BCUT2D eigenvalue weighted by atomic mass is 10.1. The molecule has 0 atom stereocenters. The van der Waals surface area contributed by atoms with E-state index in [0.29, 0.717) is 43.2 Å². The first kappa shape index (κ1) is 18.5. The number of hydrogen-bond acceptors (Lipinski definition) is 6. The maximum atomic E-state index is 12.9. The quantitative estimate of drug-likeness (QED) is 0.768. The zero-order valence-electron chi connectivity index (χ0n) is 14.8. The zero-order chi connectivity index (χ0) is 18.6. The Morgan fingerprint density at radius 3 is 2.42 bits per heavy atom. The van der Waals surface area contributed by atoms with Gasteiger partial charge in [0.1, 0.15) is 11.9 Å². The molecule has 0 aliphatic carbocycles. The summed E-state index contributed by atoms with van der Waals surface area (Å²) in [5.74, 6) is 1.59. The van der Waals surface area contributed by atoms with Crippen LogP contribution < -0.4 is 14.2 Å². The molecule has 0 N–H and O–H groups in total. The van der Waals surface area contributed by atoms with Crippen LogP contribution in [0.1, 0.15) is 12.8 Å². The summed E-state index contributed by atoms with van der Waals surface area (Å²) < 4.78 is 43.5. The first-order valence-corrected chi connectivity index (χ1v) is 9.77. The Morgan fingerprint density at radius 2 is 1.81 bits per heavy atom. The van der Waals surface area contributed by atoms with E-state index in [1.54, 1.807) is 18.5 Å². The molecule has 7 nitrogen and oxygen atoms in total. The molecule has 0 unspecified atom stereocenters. The highest BCUT2D eigenvalue weighted by Crippen LogP contribution is 2.31. The average Bonchev–Trinajstić information content (AvgIpc) is 2.68. The van der Waals surface area contributed by atoms with Crippen molar-refractivity contribution in [1.29, 1.82) is 0 Å². The van der Waals surface area contributed by atoms with Crippen molar-refractivity contribution in [2.45, 2.75) is 23.8 Å². The van der Waals surface area contributed by atoms with Crippen LogP contribution >= 0.6 is 0 Å². The number of ether oxygens (including phenoxy) is 3. The SMILES string of the molecule is COc1ccc(S(=O)(=O)N2CCC(Oc3cccnc3)CC2)cc1OC. The zero-order valence-corrected chi connectivity index (χ0v) is 15.6. The molecule has 0 saturated carbocycles. The van der Waals surface area contributed by atoms with Crippen LogP contribution in [-0.2, 0) is 10.0 Å². The maximum Gasteiger partial charge on any atom is 0.243 e. The Hall–Kier alpha value is -2.32. The molecule has 1 aromatic heterocycles. The number of hydrogen-bond donors (Lipinski definition) is 0. The van der Waals surface area contributed by atoms with E-state index in [-0.39, 0.29) is 11.0 Å². The molecule has 1 aliphatic heterocycles. The van der Waals surface area contributed by atoms with Gasteiger partial charge in [-0.05, 0) is 37.1 Å². The smallest absolute Gasteiger partial charge is 0.243 e. The second-order valence-corrected chi connectivity index (χ2v) is 7.86. The molecule has 0 spiro atoms. The van der Waals surface area contributed by atoms with E-state index in [9.17, 15) is 8.42 Å². The topological polar surface area (TPSA) is 78.0 Å². The summed E-state index contributed by atoms with van der Waals surface area (Å²) >= 11 is 0. The number of rotatable bonds is 6. The van der Waals surface area contributed by atoms with Gasteiger partial charge in [0.15, 0.2) is 11.5 Å². The Morgan fingerprint density at radius 1 is 1.08 bits per heavy atom. The van der Waals surface area contributed by atoms with Crippen molar-refractivity contribution in [1.82, 2.24) is 9.29 Å². The lowest BCUT2D eigenvalue weighted by Crippen LogP contribution is -2.41. The van der Waals surface area contributed by atoms with Gasteiger partial charge in [-0.1, -0.05) is 0 Å².